The average Bonchev–Trinajstić information content (AvgIpc) is 2.68. The molecule has 3 rings (SSSR count). The lowest BCUT2D eigenvalue weighted by atomic mass is 9.99. The Labute approximate surface area is 168 Å². The number of Topliss-reactive ketones (excluding diaryl/α,β-unsaturated/α-hetero) is 1. The number of aliphatic hydroxyl groups excluding tert-OH is 1. The molecule has 3 aromatic rings. The molecule has 0 spiro atoms. The largest absolute Gasteiger partial charge is 0.505 e. The minimum Gasteiger partial charge on any atom is -0.505 e. The van der Waals surface area contributed by atoms with Crippen molar-refractivity contribution in [1.29, 1.82) is 0 Å². The van der Waals surface area contributed by atoms with Crippen molar-refractivity contribution in [2.75, 3.05) is 5.73 Å². The van der Waals surface area contributed by atoms with Gasteiger partial charge >= 0.3 is 0 Å². The lowest BCUT2D eigenvalue weighted by Gasteiger charge is -2.14. The Kier molecular flexibility index (Phi) is 5.87. The maximum atomic E-state index is 11.5. The molecule has 6 heteroatoms. The van der Waals surface area contributed by atoms with Crippen LogP contribution in [0.1, 0.15) is 40.1 Å². The predicted octanol–water partition coefficient (Wildman–Crippen LogP) is 4.49. The summed E-state index contributed by atoms with van der Waals surface area (Å²) >= 11 is 6.11. The van der Waals surface area contributed by atoms with Crippen LogP contribution in [0.4, 0.5) is 5.69 Å². The minimum absolute atomic E-state index is 0.0105. The van der Waals surface area contributed by atoms with Crippen molar-refractivity contribution >= 4 is 23.1 Å². The van der Waals surface area contributed by atoms with Gasteiger partial charge in [-0.1, -0.05) is 41.9 Å². The first kappa shape index (κ1) is 19.7. The highest BCUT2D eigenvalue weighted by atomic mass is 35.5. The Morgan fingerprint density at radius 2 is 1.79 bits per heavy atom. The molecule has 0 aromatic heterocycles. The number of benzene rings is 3. The van der Waals surface area contributed by atoms with E-state index in [0.717, 1.165) is 5.56 Å². The van der Waals surface area contributed by atoms with Crippen LogP contribution in [0.25, 0.3) is 0 Å². The Bertz CT molecular complexity index is 1020. The zero-order chi connectivity index (χ0) is 20.3. The molecular formula is C22H20ClNO4. The summed E-state index contributed by atoms with van der Waals surface area (Å²) in [6, 6.07) is 17.4. The molecule has 0 heterocycles. The molecular weight excluding hydrogens is 378 g/mol. The lowest BCUT2D eigenvalue weighted by Crippen LogP contribution is -2.03. The van der Waals surface area contributed by atoms with E-state index in [-0.39, 0.29) is 34.5 Å². The van der Waals surface area contributed by atoms with Crippen LogP contribution in [0.15, 0.2) is 60.7 Å². The highest BCUT2D eigenvalue weighted by Gasteiger charge is 2.15. The van der Waals surface area contributed by atoms with Crippen molar-refractivity contribution in [3.05, 3.63) is 87.9 Å². The van der Waals surface area contributed by atoms with Gasteiger partial charge in [-0.15, -0.1) is 0 Å². The molecule has 0 radical (unpaired) electrons. The third-order valence-corrected chi connectivity index (χ3v) is 4.71. The number of phenols is 1. The number of hydrogen-bond donors (Lipinski definition) is 3. The zero-order valence-corrected chi connectivity index (χ0v) is 16.0. The molecule has 4 N–H and O–H groups in total. The van der Waals surface area contributed by atoms with Crippen LogP contribution in [0.2, 0.25) is 5.02 Å². The van der Waals surface area contributed by atoms with Gasteiger partial charge in [0.1, 0.15) is 29.2 Å². The lowest BCUT2D eigenvalue weighted by molar-refractivity contribution is 0.101. The second-order valence-electron chi connectivity index (χ2n) is 6.44. The Hall–Kier alpha value is -3.02. The fraction of sp³-hybridized carbons (Fsp3) is 0.136. The molecule has 0 saturated heterocycles. The number of carbonyl (C=O) groups is 1. The average molecular weight is 398 g/mol. The summed E-state index contributed by atoms with van der Waals surface area (Å²) in [5.74, 6) is -0.308. The molecule has 1 atom stereocenters. The Morgan fingerprint density at radius 3 is 2.46 bits per heavy atom. The van der Waals surface area contributed by atoms with Gasteiger partial charge in [-0.2, -0.15) is 0 Å². The number of ether oxygens (including phenoxy) is 1. The van der Waals surface area contributed by atoms with E-state index < -0.39 is 6.10 Å². The number of ketones is 1. The van der Waals surface area contributed by atoms with Crippen molar-refractivity contribution in [3.63, 3.8) is 0 Å². The summed E-state index contributed by atoms with van der Waals surface area (Å²) in [6.45, 7) is 1.53. The zero-order valence-electron chi connectivity index (χ0n) is 15.2. The smallest absolute Gasteiger partial charge is 0.163 e. The van der Waals surface area contributed by atoms with Crippen LogP contribution in [-0.4, -0.2) is 16.0 Å². The first-order valence-electron chi connectivity index (χ1n) is 8.64. The van der Waals surface area contributed by atoms with Gasteiger partial charge < -0.3 is 20.7 Å². The highest BCUT2D eigenvalue weighted by Crippen LogP contribution is 2.36. The maximum Gasteiger partial charge on any atom is 0.163 e. The second-order valence-corrected chi connectivity index (χ2v) is 6.81. The number of nitrogens with two attached hydrogens (primary N) is 1. The summed E-state index contributed by atoms with van der Waals surface area (Å²) in [5, 5.41) is 20.6. The molecule has 0 amide bonds. The van der Waals surface area contributed by atoms with Crippen LogP contribution < -0.4 is 10.5 Å². The molecule has 144 valence electrons. The molecule has 3 aromatic carbocycles. The van der Waals surface area contributed by atoms with Crippen LogP contribution in [0, 0.1) is 0 Å². The van der Waals surface area contributed by atoms with Gasteiger partial charge in [0, 0.05) is 5.69 Å². The van der Waals surface area contributed by atoms with Crippen molar-refractivity contribution in [2.45, 2.75) is 19.6 Å². The molecule has 0 bridgehead atoms. The fourth-order valence-corrected chi connectivity index (χ4v) is 3.10. The molecule has 0 aliphatic heterocycles. The molecule has 1 unspecified atom stereocenters. The number of hydrogen-bond acceptors (Lipinski definition) is 5. The van der Waals surface area contributed by atoms with E-state index in [2.05, 4.69) is 0 Å². The van der Waals surface area contributed by atoms with Crippen LogP contribution >= 0.6 is 11.6 Å². The second kappa shape index (κ2) is 8.33. The third kappa shape index (κ3) is 4.27. The minimum atomic E-state index is -0.814. The fourth-order valence-electron chi connectivity index (χ4n) is 2.88. The quantitative estimate of drug-likeness (QED) is 0.421. The van der Waals surface area contributed by atoms with Crippen molar-refractivity contribution in [3.8, 4) is 11.5 Å². The van der Waals surface area contributed by atoms with Gasteiger partial charge in [-0.25, -0.2) is 0 Å². The van der Waals surface area contributed by atoms with E-state index in [9.17, 15) is 15.0 Å². The molecule has 0 saturated carbocycles. The summed E-state index contributed by atoms with van der Waals surface area (Å²) in [4.78, 5) is 11.5. The van der Waals surface area contributed by atoms with Crippen LogP contribution in [-0.2, 0) is 6.61 Å². The Morgan fingerprint density at radius 1 is 1.11 bits per heavy atom. The number of aromatic hydroxyl groups is 1. The first-order valence-corrected chi connectivity index (χ1v) is 9.02. The highest BCUT2D eigenvalue weighted by molar-refractivity contribution is 6.34. The summed E-state index contributed by atoms with van der Waals surface area (Å²) in [6.07, 6.45) is -0.814. The maximum absolute atomic E-state index is 11.5. The molecule has 28 heavy (non-hydrogen) atoms. The predicted molar refractivity (Wildman–Crippen MR) is 109 cm³/mol. The normalized spacial score (nSPS) is 11.8. The first-order chi connectivity index (χ1) is 13.4. The van der Waals surface area contributed by atoms with E-state index in [1.165, 1.54) is 13.0 Å². The number of nitrogen functional groups attached to an aromatic ring is 1. The molecule has 0 fully saturated rings. The van der Waals surface area contributed by atoms with Gasteiger partial charge in [0.25, 0.3) is 0 Å². The van der Waals surface area contributed by atoms with Gasteiger partial charge in [-0.3, -0.25) is 4.79 Å². The number of aliphatic hydroxyl groups is 1. The van der Waals surface area contributed by atoms with E-state index in [4.69, 9.17) is 22.1 Å². The number of anilines is 1. The van der Waals surface area contributed by atoms with Crippen LogP contribution in [0.3, 0.4) is 0 Å². The third-order valence-electron chi connectivity index (χ3n) is 4.35. The topological polar surface area (TPSA) is 92.8 Å². The number of halogens is 1. The van der Waals surface area contributed by atoms with Gasteiger partial charge in [-0.05, 0) is 53.9 Å². The molecule has 0 aliphatic carbocycles. The standard InChI is InChI=1S/C22H20ClNO4/c1-13(25)18-8-9-19(20(23)22(18)27)28-12-14-4-2-5-15(10-14)21(26)16-6-3-7-17(24)11-16/h2-11,21,26-27H,12,24H2,1H3. The summed E-state index contributed by atoms with van der Waals surface area (Å²) in [7, 11) is 0. The van der Waals surface area contributed by atoms with Gasteiger partial charge in [0.2, 0.25) is 0 Å². The molecule has 5 nitrogen and oxygen atoms in total. The monoisotopic (exact) mass is 397 g/mol. The van der Waals surface area contributed by atoms with Crippen molar-refractivity contribution in [1.82, 2.24) is 0 Å². The van der Waals surface area contributed by atoms with E-state index >= 15 is 0 Å². The Balaban J connectivity index is 1.77. The number of carbonyl (C=O) groups excluding carboxylic acids is 1. The van der Waals surface area contributed by atoms with Gasteiger partial charge in [0.05, 0.1) is 5.56 Å². The van der Waals surface area contributed by atoms with E-state index in [1.807, 2.05) is 30.3 Å². The van der Waals surface area contributed by atoms with Gasteiger partial charge in [0.15, 0.2) is 5.78 Å². The van der Waals surface area contributed by atoms with Crippen molar-refractivity contribution < 1.29 is 19.7 Å². The summed E-state index contributed by atoms with van der Waals surface area (Å²) in [5.41, 5.74) is 8.73. The number of rotatable bonds is 6. The summed E-state index contributed by atoms with van der Waals surface area (Å²) < 4.78 is 5.69. The van der Waals surface area contributed by atoms with E-state index in [0.29, 0.717) is 16.8 Å². The number of phenolic OH excluding ortho intramolecular Hbond substituents is 1. The van der Waals surface area contributed by atoms with Crippen molar-refractivity contribution in [2.24, 2.45) is 0 Å². The SMILES string of the molecule is CC(=O)c1ccc(OCc2cccc(C(O)c3cccc(N)c3)c2)c(Cl)c1O. The van der Waals surface area contributed by atoms with E-state index in [1.54, 1.807) is 24.3 Å². The van der Waals surface area contributed by atoms with Crippen LogP contribution in [0.5, 0.6) is 11.5 Å². The molecule has 0 aliphatic rings.